The van der Waals surface area contributed by atoms with Crippen molar-refractivity contribution in [2.45, 2.75) is 38.6 Å². The minimum absolute atomic E-state index is 0.0140. The van der Waals surface area contributed by atoms with Crippen molar-refractivity contribution in [1.82, 2.24) is 4.90 Å². The second-order valence-corrected chi connectivity index (χ2v) is 4.50. The van der Waals surface area contributed by atoms with Gasteiger partial charge in [0.15, 0.2) is 5.76 Å². The molecule has 0 aliphatic carbocycles. The fourth-order valence-corrected chi connectivity index (χ4v) is 2.34. The summed E-state index contributed by atoms with van der Waals surface area (Å²) in [5.41, 5.74) is 5.72. The number of nitrogens with two attached hydrogens (primary N) is 1. The van der Waals surface area contributed by atoms with E-state index in [1.54, 1.807) is 6.07 Å². The minimum atomic E-state index is -0.0140. The number of piperidine rings is 1. The monoisotopic (exact) mass is 236 g/mol. The summed E-state index contributed by atoms with van der Waals surface area (Å²) in [5.74, 6) is 1.29. The van der Waals surface area contributed by atoms with Crippen LogP contribution in [-0.2, 0) is 6.42 Å². The van der Waals surface area contributed by atoms with Crippen LogP contribution >= 0.6 is 0 Å². The van der Waals surface area contributed by atoms with Crippen molar-refractivity contribution in [2.24, 2.45) is 5.73 Å². The number of hydrogen-bond acceptors (Lipinski definition) is 3. The second kappa shape index (κ2) is 5.36. The van der Waals surface area contributed by atoms with Crippen LogP contribution < -0.4 is 5.73 Å². The molecule has 0 saturated carbocycles. The average molecular weight is 236 g/mol. The van der Waals surface area contributed by atoms with Crippen LogP contribution in [0.2, 0.25) is 0 Å². The van der Waals surface area contributed by atoms with Crippen molar-refractivity contribution in [1.29, 1.82) is 0 Å². The topological polar surface area (TPSA) is 59.5 Å². The van der Waals surface area contributed by atoms with E-state index in [-0.39, 0.29) is 11.9 Å². The molecule has 0 spiro atoms. The smallest absolute Gasteiger partial charge is 0.289 e. The molecule has 1 aliphatic rings. The third-order valence-corrected chi connectivity index (χ3v) is 3.38. The van der Waals surface area contributed by atoms with Gasteiger partial charge in [-0.15, -0.1) is 0 Å². The summed E-state index contributed by atoms with van der Waals surface area (Å²) in [5, 5.41) is 0. The Morgan fingerprint density at radius 1 is 1.53 bits per heavy atom. The van der Waals surface area contributed by atoms with Crippen molar-refractivity contribution in [3.05, 3.63) is 23.7 Å². The third-order valence-electron chi connectivity index (χ3n) is 3.38. The maximum absolute atomic E-state index is 12.3. The van der Waals surface area contributed by atoms with Crippen molar-refractivity contribution in [3.8, 4) is 0 Å². The lowest BCUT2D eigenvalue weighted by molar-refractivity contribution is 0.0589. The van der Waals surface area contributed by atoms with Crippen molar-refractivity contribution < 1.29 is 9.21 Å². The Morgan fingerprint density at radius 3 is 3.00 bits per heavy atom. The quantitative estimate of drug-likeness (QED) is 0.870. The number of hydrogen-bond donors (Lipinski definition) is 1. The number of rotatable bonds is 3. The molecule has 0 aromatic carbocycles. The van der Waals surface area contributed by atoms with E-state index in [4.69, 9.17) is 10.2 Å². The summed E-state index contributed by atoms with van der Waals surface area (Å²) in [7, 11) is 0. The van der Waals surface area contributed by atoms with Crippen LogP contribution in [0, 0.1) is 0 Å². The summed E-state index contributed by atoms with van der Waals surface area (Å²) in [6.07, 6.45) is 4.03. The van der Waals surface area contributed by atoms with Crippen LogP contribution in [0.5, 0.6) is 0 Å². The number of aryl methyl sites for hydroxylation is 1. The SMILES string of the molecule is CCc1ccc(C(=O)N2CCCCC2CN)o1. The van der Waals surface area contributed by atoms with Gasteiger partial charge >= 0.3 is 0 Å². The van der Waals surface area contributed by atoms with E-state index in [0.717, 1.165) is 38.0 Å². The maximum atomic E-state index is 12.3. The molecule has 2 heterocycles. The highest BCUT2D eigenvalue weighted by Crippen LogP contribution is 2.20. The van der Waals surface area contributed by atoms with Crippen LogP contribution in [0.4, 0.5) is 0 Å². The number of furan rings is 1. The number of likely N-dealkylation sites (tertiary alicyclic amines) is 1. The Kier molecular flexibility index (Phi) is 3.84. The molecule has 17 heavy (non-hydrogen) atoms. The molecule has 2 rings (SSSR count). The molecule has 2 N–H and O–H groups in total. The first-order valence-corrected chi connectivity index (χ1v) is 6.36. The Hall–Kier alpha value is -1.29. The number of carbonyl (C=O) groups is 1. The molecule has 0 radical (unpaired) electrons. The first-order valence-electron chi connectivity index (χ1n) is 6.36. The van der Waals surface area contributed by atoms with E-state index in [9.17, 15) is 4.79 Å². The van der Waals surface area contributed by atoms with Crippen LogP contribution in [0.1, 0.15) is 42.5 Å². The summed E-state index contributed by atoms with van der Waals surface area (Å²) in [4.78, 5) is 14.1. The molecule has 4 nitrogen and oxygen atoms in total. The van der Waals surface area contributed by atoms with E-state index in [2.05, 4.69) is 0 Å². The van der Waals surface area contributed by atoms with Crippen molar-refractivity contribution in [3.63, 3.8) is 0 Å². The fourth-order valence-electron chi connectivity index (χ4n) is 2.34. The lowest BCUT2D eigenvalue weighted by Gasteiger charge is -2.34. The molecule has 1 unspecified atom stereocenters. The summed E-state index contributed by atoms with van der Waals surface area (Å²) in [6.45, 7) is 3.34. The second-order valence-electron chi connectivity index (χ2n) is 4.50. The molecule has 1 atom stereocenters. The van der Waals surface area contributed by atoms with Gasteiger partial charge < -0.3 is 15.1 Å². The molecule has 1 aromatic heterocycles. The molecule has 0 bridgehead atoms. The highest BCUT2D eigenvalue weighted by Gasteiger charge is 2.28. The van der Waals surface area contributed by atoms with Gasteiger partial charge in [-0.3, -0.25) is 4.79 Å². The molecular formula is C13H20N2O2. The van der Waals surface area contributed by atoms with Crippen molar-refractivity contribution >= 4 is 5.91 Å². The van der Waals surface area contributed by atoms with Crippen LogP contribution in [0.15, 0.2) is 16.5 Å². The van der Waals surface area contributed by atoms with E-state index < -0.39 is 0 Å². The molecule has 4 heteroatoms. The summed E-state index contributed by atoms with van der Waals surface area (Å²) < 4.78 is 5.51. The molecule has 1 fully saturated rings. The number of amides is 1. The highest BCUT2D eigenvalue weighted by molar-refractivity contribution is 5.91. The summed E-state index contributed by atoms with van der Waals surface area (Å²) in [6, 6.07) is 3.81. The first-order chi connectivity index (χ1) is 8.26. The first kappa shape index (κ1) is 12.2. The van der Waals surface area contributed by atoms with E-state index >= 15 is 0 Å². The minimum Gasteiger partial charge on any atom is -0.456 e. The van der Waals surface area contributed by atoms with E-state index in [1.807, 2.05) is 17.9 Å². The van der Waals surface area contributed by atoms with Gasteiger partial charge in [0.05, 0.1) is 0 Å². The van der Waals surface area contributed by atoms with Gasteiger partial charge in [-0.1, -0.05) is 6.92 Å². The average Bonchev–Trinajstić information content (AvgIpc) is 2.86. The molecule has 1 aromatic rings. The molecular weight excluding hydrogens is 216 g/mol. The Morgan fingerprint density at radius 2 is 2.35 bits per heavy atom. The van der Waals surface area contributed by atoms with Gasteiger partial charge in [0.1, 0.15) is 5.76 Å². The number of nitrogens with zero attached hydrogens (tertiary/aromatic N) is 1. The number of carbonyl (C=O) groups excluding carboxylic acids is 1. The standard InChI is InChI=1S/C13H20N2O2/c1-2-11-6-7-12(17-11)13(16)15-8-4-3-5-10(15)9-14/h6-7,10H,2-5,8-9,14H2,1H3. The Balaban J connectivity index is 2.12. The highest BCUT2D eigenvalue weighted by atomic mass is 16.4. The van der Waals surface area contributed by atoms with Crippen LogP contribution in [0.25, 0.3) is 0 Å². The molecule has 1 saturated heterocycles. The predicted octanol–water partition coefficient (Wildman–Crippen LogP) is 1.80. The maximum Gasteiger partial charge on any atom is 0.289 e. The zero-order valence-corrected chi connectivity index (χ0v) is 10.3. The lowest BCUT2D eigenvalue weighted by atomic mass is 10.0. The Bertz CT molecular complexity index is 387. The van der Waals surface area contributed by atoms with Gasteiger partial charge in [-0.25, -0.2) is 0 Å². The third kappa shape index (κ3) is 2.52. The van der Waals surface area contributed by atoms with Gasteiger partial charge in [0.25, 0.3) is 5.91 Å². The van der Waals surface area contributed by atoms with Gasteiger partial charge in [-0.05, 0) is 31.4 Å². The Labute approximate surface area is 102 Å². The zero-order chi connectivity index (χ0) is 12.3. The van der Waals surface area contributed by atoms with Crippen LogP contribution in [0.3, 0.4) is 0 Å². The lowest BCUT2D eigenvalue weighted by Crippen LogP contribution is -2.47. The van der Waals surface area contributed by atoms with Gasteiger partial charge in [0.2, 0.25) is 0 Å². The molecule has 1 aliphatic heterocycles. The molecule has 1 amide bonds. The van der Waals surface area contributed by atoms with E-state index in [0.29, 0.717) is 12.3 Å². The molecule has 94 valence electrons. The van der Waals surface area contributed by atoms with Crippen LogP contribution in [-0.4, -0.2) is 29.9 Å². The van der Waals surface area contributed by atoms with Crippen molar-refractivity contribution in [2.75, 3.05) is 13.1 Å². The zero-order valence-electron chi connectivity index (χ0n) is 10.3. The largest absolute Gasteiger partial charge is 0.456 e. The normalized spacial score (nSPS) is 20.6. The van der Waals surface area contributed by atoms with E-state index in [1.165, 1.54) is 0 Å². The van der Waals surface area contributed by atoms with Gasteiger partial charge in [0, 0.05) is 25.6 Å². The predicted molar refractivity (Wildman–Crippen MR) is 65.8 cm³/mol. The van der Waals surface area contributed by atoms with Gasteiger partial charge in [-0.2, -0.15) is 0 Å². The summed E-state index contributed by atoms with van der Waals surface area (Å²) >= 11 is 0. The fraction of sp³-hybridized carbons (Fsp3) is 0.615.